The Hall–Kier alpha value is -1.06. The van der Waals surface area contributed by atoms with Gasteiger partial charge in [-0.2, -0.15) is 0 Å². The van der Waals surface area contributed by atoms with Gasteiger partial charge in [0, 0.05) is 25.9 Å². The van der Waals surface area contributed by atoms with E-state index in [1.54, 1.807) is 0 Å². The molecule has 0 saturated carbocycles. The van der Waals surface area contributed by atoms with E-state index in [0.29, 0.717) is 25.4 Å². The molecule has 0 unspecified atom stereocenters. The monoisotopic (exact) mass is 241 g/mol. The zero-order valence-corrected chi connectivity index (χ0v) is 10.7. The Bertz CT molecular complexity index is 253. The van der Waals surface area contributed by atoms with Crippen molar-refractivity contribution in [3.63, 3.8) is 0 Å². The molecule has 1 saturated heterocycles. The van der Waals surface area contributed by atoms with Gasteiger partial charge in [0.1, 0.15) is 0 Å². The van der Waals surface area contributed by atoms with Crippen LogP contribution in [0.25, 0.3) is 0 Å². The Morgan fingerprint density at radius 1 is 1.29 bits per heavy atom. The number of rotatable bonds is 7. The maximum Gasteiger partial charge on any atom is 0.305 e. The number of esters is 1. The fourth-order valence-electron chi connectivity index (χ4n) is 2.08. The highest BCUT2D eigenvalue weighted by Gasteiger charge is 2.16. The minimum absolute atomic E-state index is 0.110. The third kappa shape index (κ3) is 5.71. The highest BCUT2D eigenvalue weighted by molar-refractivity contribution is 5.76. The Balaban J connectivity index is 2.00. The number of ether oxygens (including phenoxy) is 1. The lowest BCUT2D eigenvalue weighted by atomic mass is 10.1. The fourth-order valence-corrected chi connectivity index (χ4v) is 2.08. The van der Waals surface area contributed by atoms with Crippen molar-refractivity contribution >= 4 is 11.9 Å². The number of likely N-dealkylation sites (tertiary alicyclic amines) is 1. The van der Waals surface area contributed by atoms with Gasteiger partial charge in [0.25, 0.3) is 0 Å². The minimum atomic E-state index is -0.110. The molecule has 1 aliphatic rings. The summed E-state index contributed by atoms with van der Waals surface area (Å²) in [6.45, 7) is 4.04. The number of hydrogen-bond donors (Lipinski definition) is 0. The van der Waals surface area contributed by atoms with Crippen LogP contribution in [0.4, 0.5) is 0 Å². The number of carbonyl (C=O) groups excluding carboxylic acids is 2. The molecule has 0 N–H and O–H groups in total. The molecular weight excluding hydrogens is 218 g/mol. The van der Waals surface area contributed by atoms with Crippen molar-refractivity contribution in [2.45, 2.75) is 51.9 Å². The molecule has 0 aromatic carbocycles. The number of nitrogens with zero attached hydrogens (tertiary/aromatic N) is 1. The SMILES string of the molecule is CCOC(=O)CCCCCN1CCCCC1=O. The van der Waals surface area contributed by atoms with Crippen LogP contribution in [0.2, 0.25) is 0 Å². The van der Waals surface area contributed by atoms with E-state index in [2.05, 4.69) is 0 Å². The van der Waals surface area contributed by atoms with E-state index in [1.807, 2.05) is 11.8 Å². The van der Waals surface area contributed by atoms with Crippen LogP contribution in [0.5, 0.6) is 0 Å². The first kappa shape index (κ1) is 14.0. The van der Waals surface area contributed by atoms with Gasteiger partial charge in [-0.3, -0.25) is 9.59 Å². The van der Waals surface area contributed by atoms with Crippen molar-refractivity contribution in [2.75, 3.05) is 19.7 Å². The zero-order chi connectivity index (χ0) is 12.5. The van der Waals surface area contributed by atoms with Gasteiger partial charge in [-0.1, -0.05) is 6.42 Å². The summed E-state index contributed by atoms with van der Waals surface area (Å²) in [5.41, 5.74) is 0. The lowest BCUT2D eigenvalue weighted by molar-refractivity contribution is -0.143. The summed E-state index contributed by atoms with van der Waals surface area (Å²) in [6, 6.07) is 0. The van der Waals surface area contributed by atoms with Crippen molar-refractivity contribution in [1.82, 2.24) is 4.90 Å². The van der Waals surface area contributed by atoms with Gasteiger partial charge in [0.05, 0.1) is 6.61 Å². The second kappa shape index (κ2) is 8.09. The lowest BCUT2D eigenvalue weighted by Crippen LogP contribution is -2.35. The number of piperidine rings is 1. The fraction of sp³-hybridized carbons (Fsp3) is 0.846. The van der Waals surface area contributed by atoms with Crippen molar-refractivity contribution in [3.05, 3.63) is 0 Å². The van der Waals surface area contributed by atoms with E-state index < -0.39 is 0 Å². The first-order valence-electron chi connectivity index (χ1n) is 6.67. The Morgan fingerprint density at radius 2 is 2.12 bits per heavy atom. The molecular formula is C13H23NO3. The molecule has 98 valence electrons. The van der Waals surface area contributed by atoms with Gasteiger partial charge in [-0.25, -0.2) is 0 Å². The van der Waals surface area contributed by atoms with Gasteiger partial charge in [-0.15, -0.1) is 0 Å². The third-order valence-corrected chi connectivity index (χ3v) is 3.04. The average Bonchev–Trinajstić information content (AvgIpc) is 2.31. The van der Waals surface area contributed by atoms with Crippen LogP contribution in [-0.4, -0.2) is 36.5 Å². The molecule has 0 aromatic rings. The van der Waals surface area contributed by atoms with Crippen LogP contribution >= 0.6 is 0 Å². The Kier molecular flexibility index (Phi) is 6.67. The van der Waals surface area contributed by atoms with E-state index in [-0.39, 0.29) is 5.97 Å². The van der Waals surface area contributed by atoms with Crippen molar-refractivity contribution in [3.8, 4) is 0 Å². The van der Waals surface area contributed by atoms with Crippen LogP contribution in [0.15, 0.2) is 0 Å². The number of unbranched alkanes of at least 4 members (excludes halogenated alkanes) is 2. The second-order valence-corrected chi connectivity index (χ2v) is 4.45. The predicted octanol–water partition coefficient (Wildman–Crippen LogP) is 2.12. The third-order valence-electron chi connectivity index (χ3n) is 3.04. The zero-order valence-electron chi connectivity index (χ0n) is 10.7. The molecule has 1 aliphatic heterocycles. The van der Waals surface area contributed by atoms with Crippen LogP contribution in [-0.2, 0) is 14.3 Å². The minimum Gasteiger partial charge on any atom is -0.466 e. The summed E-state index contributed by atoms with van der Waals surface area (Å²) in [4.78, 5) is 24.5. The quantitative estimate of drug-likeness (QED) is 0.506. The van der Waals surface area contributed by atoms with E-state index in [4.69, 9.17) is 4.74 Å². The molecule has 0 spiro atoms. The first-order chi connectivity index (χ1) is 8.24. The highest BCUT2D eigenvalue weighted by Crippen LogP contribution is 2.12. The lowest BCUT2D eigenvalue weighted by Gasteiger charge is -2.26. The smallest absolute Gasteiger partial charge is 0.305 e. The van der Waals surface area contributed by atoms with E-state index in [0.717, 1.165) is 45.2 Å². The molecule has 1 rings (SSSR count). The molecule has 1 amide bonds. The van der Waals surface area contributed by atoms with Gasteiger partial charge in [0.2, 0.25) is 5.91 Å². The standard InChI is InChI=1S/C13H23NO3/c1-2-17-13(16)9-4-3-6-10-14-11-7-5-8-12(14)15/h2-11H2,1H3. The van der Waals surface area contributed by atoms with Crippen LogP contribution in [0.1, 0.15) is 51.9 Å². The topological polar surface area (TPSA) is 46.6 Å². The van der Waals surface area contributed by atoms with Crippen molar-refractivity contribution in [2.24, 2.45) is 0 Å². The van der Waals surface area contributed by atoms with Crippen LogP contribution in [0.3, 0.4) is 0 Å². The molecule has 4 nitrogen and oxygen atoms in total. The average molecular weight is 241 g/mol. The van der Waals surface area contributed by atoms with Gasteiger partial charge < -0.3 is 9.64 Å². The largest absolute Gasteiger partial charge is 0.466 e. The normalized spacial score (nSPS) is 16.1. The molecule has 1 fully saturated rings. The van der Waals surface area contributed by atoms with Crippen molar-refractivity contribution < 1.29 is 14.3 Å². The summed E-state index contributed by atoms with van der Waals surface area (Å²) in [5.74, 6) is 0.184. The Labute approximate surface area is 103 Å². The summed E-state index contributed by atoms with van der Waals surface area (Å²) in [6.07, 6.45) is 6.23. The molecule has 0 bridgehead atoms. The maximum absolute atomic E-state index is 11.5. The molecule has 0 atom stereocenters. The highest BCUT2D eigenvalue weighted by atomic mass is 16.5. The van der Waals surface area contributed by atoms with E-state index >= 15 is 0 Å². The molecule has 1 heterocycles. The molecule has 4 heteroatoms. The Morgan fingerprint density at radius 3 is 2.82 bits per heavy atom. The van der Waals surface area contributed by atoms with Gasteiger partial charge in [-0.05, 0) is 32.6 Å². The van der Waals surface area contributed by atoms with Gasteiger partial charge in [0.15, 0.2) is 0 Å². The predicted molar refractivity (Wildman–Crippen MR) is 65.5 cm³/mol. The summed E-state index contributed by atoms with van der Waals surface area (Å²) in [7, 11) is 0. The van der Waals surface area contributed by atoms with Crippen LogP contribution in [0, 0.1) is 0 Å². The van der Waals surface area contributed by atoms with E-state index in [1.165, 1.54) is 0 Å². The molecule has 17 heavy (non-hydrogen) atoms. The molecule has 0 radical (unpaired) electrons. The number of amides is 1. The number of hydrogen-bond acceptors (Lipinski definition) is 3. The second-order valence-electron chi connectivity index (χ2n) is 4.45. The summed E-state index contributed by atoms with van der Waals surface area (Å²) >= 11 is 0. The number of carbonyl (C=O) groups is 2. The van der Waals surface area contributed by atoms with Crippen LogP contribution < -0.4 is 0 Å². The summed E-state index contributed by atoms with van der Waals surface area (Å²) < 4.78 is 4.85. The molecule has 0 aliphatic carbocycles. The van der Waals surface area contributed by atoms with Crippen molar-refractivity contribution in [1.29, 1.82) is 0 Å². The maximum atomic E-state index is 11.5. The van der Waals surface area contributed by atoms with E-state index in [9.17, 15) is 9.59 Å². The molecule has 0 aromatic heterocycles. The summed E-state index contributed by atoms with van der Waals surface area (Å²) in [5, 5.41) is 0. The first-order valence-corrected chi connectivity index (χ1v) is 6.67. The van der Waals surface area contributed by atoms with Gasteiger partial charge >= 0.3 is 5.97 Å².